The van der Waals surface area contributed by atoms with E-state index in [1.807, 2.05) is 20.8 Å². The van der Waals surface area contributed by atoms with E-state index in [0.29, 0.717) is 12.2 Å². The van der Waals surface area contributed by atoms with Gasteiger partial charge in [-0.25, -0.2) is 14.3 Å². The number of rotatable bonds is 1. The van der Waals surface area contributed by atoms with Crippen molar-refractivity contribution >= 4 is 6.09 Å². The van der Waals surface area contributed by atoms with E-state index in [4.69, 9.17) is 10.5 Å². The van der Waals surface area contributed by atoms with Crippen molar-refractivity contribution in [3.8, 4) is 0 Å². The van der Waals surface area contributed by atoms with Crippen LogP contribution in [0.2, 0.25) is 0 Å². The molecule has 0 radical (unpaired) electrons. The van der Waals surface area contributed by atoms with Crippen LogP contribution in [0.15, 0.2) is 12.5 Å². The summed E-state index contributed by atoms with van der Waals surface area (Å²) in [6, 6.07) is 0. The largest absolute Gasteiger partial charge is 0.443 e. The third-order valence-electron chi connectivity index (χ3n) is 1.45. The average molecular weight is 197 g/mol. The number of hydrogen-bond donors (Lipinski definition) is 1. The van der Waals surface area contributed by atoms with Crippen LogP contribution >= 0.6 is 0 Å². The van der Waals surface area contributed by atoms with E-state index < -0.39 is 11.7 Å². The third-order valence-corrected chi connectivity index (χ3v) is 1.45. The van der Waals surface area contributed by atoms with Crippen molar-refractivity contribution in [2.45, 2.75) is 32.9 Å². The molecule has 78 valence electrons. The van der Waals surface area contributed by atoms with Gasteiger partial charge in [0, 0.05) is 12.7 Å². The van der Waals surface area contributed by atoms with Crippen molar-refractivity contribution in [2.75, 3.05) is 0 Å². The number of nitrogens with zero attached hydrogens (tertiary/aromatic N) is 2. The minimum absolute atomic E-state index is 0.315. The fourth-order valence-electron chi connectivity index (χ4n) is 0.883. The van der Waals surface area contributed by atoms with Crippen molar-refractivity contribution < 1.29 is 9.53 Å². The van der Waals surface area contributed by atoms with Crippen LogP contribution in [0, 0.1) is 0 Å². The van der Waals surface area contributed by atoms with E-state index in [0.717, 1.165) is 0 Å². The molecule has 0 amide bonds. The highest BCUT2D eigenvalue weighted by molar-refractivity contribution is 5.70. The molecule has 1 aromatic heterocycles. The van der Waals surface area contributed by atoms with Crippen molar-refractivity contribution in [3.05, 3.63) is 18.2 Å². The Labute approximate surface area is 82.9 Å². The van der Waals surface area contributed by atoms with Crippen LogP contribution in [0.3, 0.4) is 0 Å². The topological polar surface area (TPSA) is 70.1 Å². The molecule has 0 aliphatic carbocycles. The molecule has 1 aromatic rings. The van der Waals surface area contributed by atoms with Gasteiger partial charge in [-0.05, 0) is 20.8 Å². The van der Waals surface area contributed by atoms with Crippen LogP contribution in [0.4, 0.5) is 4.79 Å². The second-order valence-electron chi connectivity index (χ2n) is 3.96. The lowest BCUT2D eigenvalue weighted by Gasteiger charge is -2.18. The van der Waals surface area contributed by atoms with Crippen molar-refractivity contribution in [1.29, 1.82) is 0 Å². The second kappa shape index (κ2) is 3.79. The number of hydrogen-bond acceptors (Lipinski definition) is 4. The number of carbonyl (C=O) groups excluding carboxylic acids is 1. The molecule has 0 aliphatic rings. The first-order valence-electron chi connectivity index (χ1n) is 4.38. The summed E-state index contributed by atoms with van der Waals surface area (Å²) in [4.78, 5) is 15.4. The maximum absolute atomic E-state index is 11.4. The van der Waals surface area contributed by atoms with Crippen LogP contribution in [0.5, 0.6) is 0 Å². The molecule has 5 heteroatoms. The van der Waals surface area contributed by atoms with Gasteiger partial charge < -0.3 is 10.5 Å². The highest BCUT2D eigenvalue weighted by atomic mass is 16.6. The maximum Gasteiger partial charge on any atom is 0.419 e. The minimum atomic E-state index is -0.496. The molecule has 14 heavy (non-hydrogen) atoms. The van der Waals surface area contributed by atoms with Gasteiger partial charge >= 0.3 is 6.09 Å². The lowest BCUT2D eigenvalue weighted by atomic mass is 10.2. The number of ether oxygens (including phenoxy) is 1. The van der Waals surface area contributed by atoms with Crippen molar-refractivity contribution in [1.82, 2.24) is 9.55 Å². The summed E-state index contributed by atoms with van der Waals surface area (Å²) in [6.07, 6.45) is 2.52. The molecule has 0 saturated heterocycles. The van der Waals surface area contributed by atoms with Gasteiger partial charge in [-0.1, -0.05) is 0 Å². The predicted octanol–water partition coefficient (Wildman–Crippen LogP) is 1.12. The highest BCUT2D eigenvalue weighted by Gasteiger charge is 2.17. The summed E-state index contributed by atoms with van der Waals surface area (Å²) in [5, 5.41) is 0. The zero-order valence-electron chi connectivity index (χ0n) is 8.65. The fraction of sp³-hybridized carbons (Fsp3) is 0.556. The number of aromatic nitrogens is 2. The molecule has 2 N–H and O–H groups in total. The van der Waals surface area contributed by atoms with E-state index in [-0.39, 0.29) is 0 Å². The third kappa shape index (κ3) is 2.85. The summed E-state index contributed by atoms with van der Waals surface area (Å²) in [5.74, 6) is 0. The highest BCUT2D eigenvalue weighted by Crippen LogP contribution is 2.08. The van der Waals surface area contributed by atoms with E-state index in [9.17, 15) is 4.79 Å². The lowest BCUT2D eigenvalue weighted by molar-refractivity contribution is 0.0536. The first-order chi connectivity index (χ1) is 6.42. The van der Waals surface area contributed by atoms with E-state index in [1.54, 1.807) is 6.20 Å². The fourth-order valence-corrected chi connectivity index (χ4v) is 0.883. The zero-order valence-corrected chi connectivity index (χ0v) is 8.65. The summed E-state index contributed by atoms with van der Waals surface area (Å²) < 4.78 is 6.41. The Kier molecular flexibility index (Phi) is 2.90. The van der Waals surface area contributed by atoms with Gasteiger partial charge in [0.15, 0.2) is 0 Å². The van der Waals surface area contributed by atoms with E-state index in [1.165, 1.54) is 10.9 Å². The van der Waals surface area contributed by atoms with E-state index >= 15 is 0 Å². The number of nitrogens with two attached hydrogens (primary N) is 1. The monoisotopic (exact) mass is 197 g/mol. The van der Waals surface area contributed by atoms with Crippen LogP contribution < -0.4 is 5.73 Å². The molecule has 1 heterocycles. The zero-order chi connectivity index (χ0) is 10.8. The normalized spacial score (nSPS) is 11.4. The molecule has 5 nitrogen and oxygen atoms in total. The first kappa shape index (κ1) is 10.7. The van der Waals surface area contributed by atoms with Gasteiger partial charge in [0.2, 0.25) is 0 Å². The van der Waals surface area contributed by atoms with Gasteiger partial charge in [-0.15, -0.1) is 0 Å². The van der Waals surface area contributed by atoms with Gasteiger partial charge in [0.25, 0.3) is 0 Å². The molecule has 0 atom stereocenters. The van der Waals surface area contributed by atoms with Crippen LogP contribution in [-0.2, 0) is 11.3 Å². The Morgan fingerprint density at radius 1 is 1.64 bits per heavy atom. The molecule has 0 aliphatic heterocycles. The molecular weight excluding hydrogens is 182 g/mol. The Bertz CT molecular complexity index is 325. The summed E-state index contributed by atoms with van der Waals surface area (Å²) in [5.41, 5.74) is 5.53. The molecule has 0 unspecified atom stereocenters. The molecule has 0 aromatic carbocycles. The van der Waals surface area contributed by atoms with Crippen molar-refractivity contribution in [2.24, 2.45) is 5.73 Å². The van der Waals surface area contributed by atoms with Gasteiger partial charge in [-0.3, -0.25) is 0 Å². The van der Waals surface area contributed by atoms with Gasteiger partial charge in [0.1, 0.15) is 11.9 Å². The quantitative estimate of drug-likeness (QED) is 0.732. The van der Waals surface area contributed by atoms with Crippen LogP contribution in [0.1, 0.15) is 26.5 Å². The van der Waals surface area contributed by atoms with Crippen LogP contribution in [-0.4, -0.2) is 21.2 Å². The molecule has 0 saturated carbocycles. The van der Waals surface area contributed by atoms with Crippen LogP contribution in [0.25, 0.3) is 0 Å². The van der Waals surface area contributed by atoms with Crippen molar-refractivity contribution in [3.63, 3.8) is 0 Å². The van der Waals surface area contributed by atoms with Gasteiger partial charge in [-0.2, -0.15) is 0 Å². The predicted molar refractivity (Wildman–Crippen MR) is 51.8 cm³/mol. The minimum Gasteiger partial charge on any atom is -0.443 e. The smallest absolute Gasteiger partial charge is 0.419 e. The Morgan fingerprint density at radius 2 is 2.29 bits per heavy atom. The first-order valence-corrected chi connectivity index (χ1v) is 4.38. The molecular formula is C9H15N3O2. The molecule has 0 spiro atoms. The summed E-state index contributed by atoms with van der Waals surface area (Å²) in [6.45, 7) is 5.75. The summed E-state index contributed by atoms with van der Waals surface area (Å²) >= 11 is 0. The molecule has 0 fully saturated rings. The lowest BCUT2D eigenvalue weighted by Crippen LogP contribution is -2.26. The Hall–Kier alpha value is -1.36. The number of carbonyl (C=O) groups is 1. The second-order valence-corrected chi connectivity index (χ2v) is 3.96. The maximum atomic E-state index is 11.4. The van der Waals surface area contributed by atoms with Gasteiger partial charge in [0.05, 0.1) is 5.69 Å². The Morgan fingerprint density at radius 3 is 2.71 bits per heavy atom. The Balaban J connectivity index is 2.70. The average Bonchev–Trinajstić information content (AvgIpc) is 2.48. The SMILES string of the molecule is CC(C)(C)OC(=O)n1cnc(CN)c1. The summed E-state index contributed by atoms with van der Waals surface area (Å²) in [7, 11) is 0. The number of imidazole rings is 1. The van der Waals surface area contributed by atoms with E-state index in [2.05, 4.69) is 4.98 Å². The standard InChI is InChI=1S/C9H15N3O2/c1-9(2,3)14-8(13)12-5-7(4-10)11-6-12/h5-6H,4,10H2,1-3H3. The molecule has 1 rings (SSSR count). The molecule has 0 bridgehead atoms.